The van der Waals surface area contributed by atoms with Crippen molar-refractivity contribution in [3.8, 4) is 17.2 Å². The van der Waals surface area contributed by atoms with E-state index in [1.165, 1.54) is 9.58 Å². The molecule has 0 saturated carbocycles. The molecule has 0 aliphatic heterocycles. The summed E-state index contributed by atoms with van der Waals surface area (Å²) in [5.74, 6) is 0.548. The van der Waals surface area contributed by atoms with E-state index in [9.17, 15) is 15.3 Å². The van der Waals surface area contributed by atoms with E-state index >= 15 is 0 Å². The van der Waals surface area contributed by atoms with E-state index in [0.29, 0.717) is 33.9 Å². The van der Waals surface area contributed by atoms with Crippen LogP contribution in [0.2, 0.25) is 0 Å². The molecule has 38 heavy (non-hydrogen) atoms. The molecule has 0 atom stereocenters. The molecule has 3 N–H and O–H groups in total. The molecule has 0 aliphatic rings. The van der Waals surface area contributed by atoms with Gasteiger partial charge in [0.1, 0.15) is 17.2 Å². The predicted molar refractivity (Wildman–Crippen MR) is 136 cm³/mol. The number of phenolic OH excluding ortho intramolecular Hbond substituents is 3. The average molecular weight is 511 g/mol. The quantitative estimate of drug-likeness (QED) is 0.219. The Balaban J connectivity index is 1.60. The maximum atomic E-state index is 10.9. The van der Waals surface area contributed by atoms with Crippen molar-refractivity contribution in [1.29, 1.82) is 0 Å². The van der Waals surface area contributed by atoms with Gasteiger partial charge in [-0.05, 0) is 99.9 Å². The number of tetrazole rings is 2. The van der Waals surface area contributed by atoms with Crippen molar-refractivity contribution in [2.75, 3.05) is 0 Å². The predicted octanol–water partition coefficient (Wildman–Crippen LogP) is 2.34. The molecule has 5 aromatic rings. The lowest BCUT2D eigenvalue weighted by Gasteiger charge is -2.22. The summed E-state index contributed by atoms with van der Waals surface area (Å²) in [6.07, 6.45) is 3.13. The van der Waals surface area contributed by atoms with Crippen molar-refractivity contribution in [3.05, 3.63) is 100 Å². The molecule has 13 heteroatoms. The lowest BCUT2D eigenvalue weighted by atomic mass is 9.83. The lowest BCUT2D eigenvalue weighted by molar-refractivity contribution is 0.458. The van der Waals surface area contributed by atoms with Gasteiger partial charge in [-0.3, -0.25) is 0 Å². The van der Waals surface area contributed by atoms with E-state index in [-0.39, 0.29) is 17.2 Å². The second kappa shape index (κ2) is 10.3. The number of hydrogen-bond acceptors (Lipinski definition) is 11. The Bertz CT molecular complexity index is 1540. The smallest absolute Gasteiger partial charge is 0.173 e. The van der Waals surface area contributed by atoms with Gasteiger partial charge in [0.2, 0.25) is 0 Å². The van der Waals surface area contributed by atoms with E-state index in [0.717, 1.165) is 5.56 Å². The first kappa shape index (κ1) is 24.2. The molecule has 3 aromatic carbocycles. The first-order valence-corrected chi connectivity index (χ1v) is 11.4. The number of aromatic nitrogens is 8. The summed E-state index contributed by atoms with van der Waals surface area (Å²) in [5.41, 5.74) is 3.08. The highest BCUT2D eigenvalue weighted by Gasteiger charge is 2.24. The van der Waals surface area contributed by atoms with Gasteiger partial charge >= 0.3 is 0 Å². The third-order valence-electron chi connectivity index (χ3n) is 5.79. The Morgan fingerprint density at radius 2 is 1.16 bits per heavy atom. The number of aromatic hydroxyl groups is 3. The fraction of sp³-hybridized carbons (Fsp3) is 0.120. The summed E-state index contributed by atoms with van der Waals surface area (Å²) in [6, 6.07) is 16.6. The van der Waals surface area contributed by atoms with Crippen molar-refractivity contribution >= 4 is 12.4 Å². The van der Waals surface area contributed by atoms with Crippen molar-refractivity contribution < 1.29 is 15.3 Å². The highest BCUT2D eigenvalue weighted by Crippen LogP contribution is 2.41. The summed E-state index contributed by atoms with van der Waals surface area (Å²) in [4.78, 5) is 2.57. The molecule has 0 radical (unpaired) electrons. The molecule has 0 unspecified atom stereocenters. The summed E-state index contributed by atoms with van der Waals surface area (Å²) < 4.78 is 0. The van der Waals surface area contributed by atoms with Crippen LogP contribution in [0.3, 0.4) is 0 Å². The second-order valence-corrected chi connectivity index (χ2v) is 8.38. The Labute approximate surface area is 216 Å². The molecular formula is C25H22N10O3. The molecule has 0 aliphatic carbocycles. The highest BCUT2D eigenvalue weighted by molar-refractivity contribution is 5.82. The number of aryl methyl sites for hydroxylation is 2. The van der Waals surface area contributed by atoms with Crippen molar-refractivity contribution in [2.24, 2.45) is 10.2 Å². The van der Waals surface area contributed by atoms with Crippen LogP contribution in [0.5, 0.6) is 17.2 Å². The molecule has 0 bridgehead atoms. The minimum atomic E-state index is -0.609. The number of phenols is 3. The zero-order valence-electron chi connectivity index (χ0n) is 20.3. The van der Waals surface area contributed by atoms with Crippen LogP contribution in [-0.2, 0) is 0 Å². The van der Waals surface area contributed by atoms with Crippen LogP contribution in [0.15, 0.2) is 70.9 Å². The molecule has 190 valence electrons. The standard InChI is InChI=1S/C25H22N10O3/c1-15-28-30-32-34(15)26-13-17-3-9-23(37)21(11-17)25(19-5-7-20(36)8-6-19)22-12-18(4-10-24(22)38)14-27-35-16(2)29-31-33-35/h3-14,25,36-38H,1-2H3/b26-13+,27-14+. The van der Waals surface area contributed by atoms with Gasteiger partial charge in [0.15, 0.2) is 11.6 Å². The minimum Gasteiger partial charge on any atom is -0.508 e. The summed E-state index contributed by atoms with van der Waals surface area (Å²) in [5, 5.41) is 62.6. The van der Waals surface area contributed by atoms with Gasteiger partial charge in [-0.15, -0.1) is 19.8 Å². The average Bonchev–Trinajstić information content (AvgIpc) is 3.52. The second-order valence-electron chi connectivity index (χ2n) is 8.38. The number of hydrogen-bond donors (Lipinski definition) is 3. The maximum absolute atomic E-state index is 10.9. The zero-order valence-corrected chi connectivity index (χ0v) is 20.3. The molecule has 0 saturated heterocycles. The molecule has 0 amide bonds. The third kappa shape index (κ3) is 5.06. The molecular weight excluding hydrogens is 488 g/mol. The van der Waals surface area contributed by atoms with Gasteiger partial charge in [-0.1, -0.05) is 12.1 Å². The molecule has 2 heterocycles. The first-order valence-electron chi connectivity index (χ1n) is 11.4. The molecule has 5 rings (SSSR count). The summed E-state index contributed by atoms with van der Waals surface area (Å²) in [7, 11) is 0. The van der Waals surface area contributed by atoms with Crippen molar-refractivity contribution in [1.82, 2.24) is 40.6 Å². The zero-order chi connectivity index (χ0) is 26.6. The lowest BCUT2D eigenvalue weighted by Crippen LogP contribution is -2.06. The molecule has 0 fully saturated rings. The van der Waals surface area contributed by atoms with Crippen molar-refractivity contribution in [2.45, 2.75) is 19.8 Å². The fourth-order valence-electron chi connectivity index (χ4n) is 3.87. The van der Waals surface area contributed by atoms with Crippen LogP contribution in [-0.4, -0.2) is 68.4 Å². The van der Waals surface area contributed by atoms with Crippen LogP contribution >= 0.6 is 0 Å². The van der Waals surface area contributed by atoms with Gasteiger partial charge < -0.3 is 15.3 Å². The molecule has 0 spiro atoms. The van der Waals surface area contributed by atoms with Gasteiger partial charge in [0, 0.05) is 17.0 Å². The Morgan fingerprint density at radius 1 is 0.684 bits per heavy atom. The van der Waals surface area contributed by atoms with Crippen LogP contribution < -0.4 is 0 Å². The number of rotatable bonds is 7. The van der Waals surface area contributed by atoms with E-state index in [1.54, 1.807) is 86.9 Å². The Hall–Kier alpha value is -5.46. The first-order chi connectivity index (χ1) is 18.4. The van der Waals surface area contributed by atoms with Crippen LogP contribution in [0.4, 0.5) is 0 Å². The van der Waals surface area contributed by atoms with E-state index < -0.39 is 5.92 Å². The van der Waals surface area contributed by atoms with Crippen LogP contribution in [0, 0.1) is 13.8 Å². The van der Waals surface area contributed by atoms with Gasteiger partial charge in [-0.25, -0.2) is 0 Å². The summed E-state index contributed by atoms with van der Waals surface area (Å²) >= 11 is 0. The normalized spacial score (nSPS) is 11.8. The third-order valence-corrected chi connectivity index (χ3v) is 5.79. The topological polar surface area (TPSA) is 173 Å². The van der Waals surface area contributed by atoms with E-state index in [4.69, 9.17) is 0 Å². The van der Waals surface area contributed by atoms with Gasteiger partial charge in [0.25, 0.3) is 0 Å². The fourth-order valence-corrected chi connectivity index (χ4v) is 3.87. The van der Waals surface area contributed by atoms with E-state index in [2.05, 4.69) is 41.3 Å². The van der Waals surface area contributed by atoms with Crippen LogP contribution in [0.1, 0.15) is 45.4 Å². The van der Waals surface area contributed by atoms with Gasteiger partial charge in [-0.2, -0.15) is 10.2 Å². The van der Waals surface area contributed by atoms with E-state index in [1.807, 2.05) is 0 Å². The molecule has 13 nitrogen and oxygen atoms in total. The highest BCUT2D eigenvalue weighted by atomic mass is 16.3. The summed E-state index contributed by atoms with van der Waals surface area (Å²) in [6.45, 7) is 3.44. The number of nitrogens with zero attached hydrogens (tertiary/aromatic N) is 10. The Kier molecular flexibility index (Phi) is 6.55. The SMILES string of the molecule is Cc1nnnn1/N=C/c1ccc(O)c(C(c2ccc(O)cc2)c2cc(/C=N/n3nnnc3C)ccc2O)c1. The van der Waals surface area contributed by atoms with Gasteiger partial charge in [0.05, 0.1) is 12.4 Å². The monoisotopic (exact) mass is 510 g/mol. The van der Waals surface area contributed by atoms with Crippen molar-refractivity contribution in [3.63, 3.8) is 0 Å². The van der Waals surface area contributed by atoms with Crippen LogP contribution in [0.25, 0.3) is 0 Å². The minimum absolute atomic E-state index is 0.0154. The molecule has 2 aromatic heterocycles. The Morgan fingerprint density at radius 3 is 1.58 bits per heavy atom. The number of benzene rings is 3. The maximum Gasteiger partial charge on any atom is 0.173 e. The largest absolute Gasteiger partial charge is 0.508 e.